The molecule has 4 rings (SSSR count). The van der Waals surface area contributed by atoms with E-state index in [4.69, 9.17) is 9.47 Å². The number of nitrogens with zero attached hydrogens (tertiary/aromatic N) is 2. The Labute approximate surface area is 225 Å². The average Bonchev–Trinajstić information content (AvgIpc) is 3.45. The molecule has 2 aromatic carbocycles. The molecule has 2 aromatic rings. The number of rotatable bonds is 8. The number of ether oxygens (including phenoxy) is 2. The van der Waals surface area contributed by atoms with Crippen LogP contribution in [-0.4, -0.2) is 76.6 Å². The van der Waals surface area contributed by atoms with Crippen LogP contribution in [0.2, 0.25) is 0 Å². The molecule has 0 saturated heterocycles. The lowest BCUT2D eigenvalue weighted by molar-refractivity contribution is 0.0904. The van der Waals surface area contributed by atoms with Crippen molar-refractivity contribution in [3.63, 3.8) is 0 Å². The molecule has 2 aliphatic rings. The predicted molar refractivity (Wildman–Crippen MR) is 145 cm³/mol. The van der Waals surface area contributed by atoms with Crippen LogP contribution in [0, 0.1) is 5.92 Å². The topological polar surface area (TPSA) is 113 Å². The lowest BCUT2D eigenvalue weighted by atomic mass is 10.0. The molecule has 1 aliphatic heterocycles. The number of methoxy groups -OCH3 is 1. The lowest BCUT2D eigenvalue weighted by Crippen LogP contribution is -2.50. The number of benzene rings is 2. The summed E-state index contributed by atoms with van der Waals surface area (Å²) in [5.41, 5.74) is 2.03. The molecule has 0 fully saturated rings. The number of allylic oxidation sites excluding steroid dienone is 2. The quantitative estimate of drug-likeness (QED) is 0.523. The number of sulfonamides is 2. The average molecular weight is 565 g/mol. The van der Waals surface area contributed by atoms with Gasteiger partial charge < -0.3 is 14.6 Å². The Kier molecular flexibility index (Phi) is 8.53. The van der Waals surface area contributed by atoms with Gasteiger partial charge in [0.15, 0.2) is 0 Å². The summed E-state index contributed by atoms with van der Waals surface area (Å²) in [6.45, 7) is 3.21. The Morgan fingerprint density at radius 1 is 1.21 bits per heavy atom. The largest absolute Gasteiger partial charge is 0.497 e. The van der Waals surface area contributed by atoms with Crippen molar-refractivity contribution in [3.05, 3.63) is 54.1 Å². The number of likely N-dealkylation sites (N-methyl/N-ethyl adjacent to an activating group) is 1. The van der Waals surface area contributed by atoms with Gasteiger partial charge in [-0.1, -0.05) is 19.1 Å². The Hall–Kier alpha value is -2.44. The maximum Gasteiger partial charge on any atom is 0.247 e. The fourth-order valence-electron chi connectivity index (χ4n) is 4.86. The monoisotopic (exact) mass is 564 g/mol. The lowest BCUT2D eigenvalue weighted by Gasteiger charge is -2.37. The van der Waals surface area contributed by atoms with Gasteiger partial charge in [-0.15, -0.1) is 0 Å². The van der Waals surface area contributed by atoms with Crippen molar-refractivity contribution in [3.8, 4) is 11.5 Å². The van der Waals surface area contributed by atoms with Crippen molar-refractivity contribution in [2.75, 3.05) is 33.9 Å². The molecule has 38 heavy (non-hydrogen) atoms. The molecule has 0 amide bonds. The number of aliphatic hydroxyl groups is 1. The highest BCUT2D eigenvalue weighted by molar-refractivity contribution is 7.89. The molecule has 0 radical (unpaired) electrons. The molecule has 0 spiro atoms. The summed E-state index contributed by atoms with van der Waals surface area (Å²) in [6.07, 6.45) is 4.42. The first-order chi connectivity index (χ1) is 18.0. The molecule has 0 bridgehead atoms. The molecule has 1 aliphatic carbocycles. The molecule has 1 N–H and O–H groups in total. The maximum absolute atomic E-state index is 13.7. The third-order valence-corrected chi connectivity index (χ3v) is 11.1. The number of fused-ring (bicyclic) bond motifs is 1. The van der Waals surface area contributed by atoms with Crippen LogP contribution in [0.3, 0.4) is 0 Å². The standard InChI is InChI=1S/C27H36N2O7S2/c1-19-16-29(20(2)18-30)38(33,34)27-14-9-22(21-7-5-6-8-21)15-25(27)36-26(19)17-28(3)37(31,32)24-12-10-23(35-4)11-13-24/h7,9-15,19-20,26,30H,5-6,8,16-18H2,1-4H3/t19-,20-,26-/m1/s1. The van der Waals surface area contributed by atoms with E-state index in [1.165, 1.54) is 34.9 Å². The van der Waals surface area contributed by atoms with Crippen LogP contribution in [-0.2, 0) is 20.0 Å². The Morgan fingerprint density at radius 2 is 1.92 bits per heavy atom. The number of hydrogen-bond donors (Lipinski definition) is 1. The van der Waals surface area contributed by atoms with E-state index in [1.807, 2.05) is 6.92 Å². The summed E-state index contributed by atoms with van der Waals surface area (Å²) < 4.78 is 68.1. The van der Waals surface area contributed by atoms with Crippen molar-refractivity contribution in [2.45, 2.75) is 55.0 Å². The minimum atomic E-state index is -3.97. The van der Waals surface area contributed by atoms with Crippen molar-refractivity contribution in [2.24, 2.45) is 5.92 Å². The smallest absolute Gasteiger partial charge is 0.247 e. The molecule has 0 saturated carbocycles. The fraction of sp³-hybridized carbons (Fsp3) is 0.481. The van der Waals surface area contributed by atoms with Crippen LogP contribution in [0.15, 0.2) is 58.3 Å². The van der Waals surface area contributed by atoms with Gasteiger partial charge in [-0.25, -0.2) is 16.8 Å². The van der Waals surface area contributed by atoms with Crippen LogP contribution < -0.4 is 9.47 Å². The summed E-state index contributed by atoms with van der Waals surface area (Å²) in [6, 6.07) is 10.6. The minimum Gasteiger partial charge on any atom is -0.497 e. The van der Waals surface area contributed by atoms with Crippen molar-refractivity contribution >= 4 is 25.6 Å². The van der Waals surface area contributed by atoms with E-state index < -0.39 is 32.2 Å². The predicted octanol–water partition coefficient (Wildman–Crippen LogP) is 3.35. The summed E-state index contributed by atoms with van der Waals surface area (Å²) in [5, 5.41) is 9.84. The fourth-order valence-corrected chi connectivity index (χ4v) is 7.86. The van der Waals surface area contributed by atoms with Crippen molar-refractivity contribution < 1.29 is 31.4 Å². The summed E-state index contributed by atoms with van der Waals surface area (Å²) in [5.74, 6) is 0.361. The molecule has 0 aromatic heterocycles. The first-order valence-electron chi connectivity index (χ1n) is 12.7. The zero-order chi connectivity index (χ0) is 27.7. The highest BCUT2D eigenvalue weighted by Crippen LogP contribution is 2.37. The third kappa shape index (κ3) is 5.62. The second kappa shape index (κ2) is 11.4. The zero-order valence-corrected chi connectivity index (χ0v) is 23.8. The van der Waals surface area contributed by atoms with Crippen LogP contribution >= 0.6 is 0 Å². The molecule has 9 nitrogen and oxygen atoms in total. The van der Waals surface area contributed by atoms with Gasteiger partial charge in [0.25, 0.3) is 0 Å². The normalized spacial score (nSPS) is 22.6. The van der Waals surface area contributed by atoms with E-state index >= 15 is 0 Å². The van der Waals surface area contributed by atoms with Crippen LogP contribution in [0.1, 0.15) is 38.7 Å². The van der Waals surface area contributed by atoms with Gasteiger partial charge in [0.2, 0.25) is 20.0 Å². The maximum atomic E-state index is 13.7. The summed E-state index contributed by atoms with van der Waals surface area (Å²) in [4.78, 5) is 0.131. The first-order valence-corrected chi connectivity index (χ1v) is 15.6. The van der Waals surface area contributed by atoms with Gasteiger partial charge in [-0.2, -0.15) is 8.61 Å². The molecule has 3 atom stereocenters. The van der Waals surface area contributed by atoms with Crippen molar-refractivity contribution in [1.82, 2.24) is 8.61 Å². The second-order valence-corrected chi connectivity index (χ2v) is 13.9. The van der Waals surface area contributed by atoms with E-state index in [2.05, 4.69) is 6.08 Å². The summed E-state index contributed by atoms with van der Waals surface area (Å²) >= 11 is 0. The van der Waals surface area contributed by atoms with Gasteiger partial charge in [0.1, 0.15) is 22.5 Å². The molecule has 11 heteroatoms. The Morgan fingerprint density at radius 3 is 2.53 bits per heavy atom. The molecule has 208 valence electrons. The number of aliphatic hydroxyl groups excluding tert-OH is 1. The third-order valence-electron chi connectivity index (χ3n) is 7.28. The molecule has 1 heterocycles. The van der Waals surface area contributed by atoms with E-state index in [9.17, 15) is 21.9 Å². The highest BCUT2D eigenvalue weighted by Gasteiger charge is 2.39. The van der Waals surface area contributed by atoms with Gasteiger partial charge in [0, 0.05) is 25.6 Å². The van der Waals surface area contributed by atoms with Gasteiger partial charge in [0.05, 0.1) is 25.2 Å². The molecular weight excluding hydrogens is 528 g/mol. The van der Waals surface area contributed by atoms with Gasteiger partial charge >= 0.3 is 0 Å². The summed E-state index contributed by atoms with van der Waals surface area (Å²) in [7, 11) is -4.82. The van der Waals surface area contributed by atoms with E-state index in [0.29, 0.717) is 5.75 Å². The van der Waals surface area contributed by atoms with Gasteiger partial charge in [-0.3, -0.25) is 0 Å². The Balaban J connectivity index is 1.72. The van der Waals surface area contributed by atoms with Crippen LogP contribution in [0.25, 0.3) is 5.57 Å². The van der Waals surface area contributed by atoms with E-state index in [-0.39, 0.29) is 41.2 Å². The van der Waals surface area contributed by atoms with E-state index in [0.717, 1.165) is 30.4 Å². The SMILES string of the molecule is COc1ccc(S(=O)(=O)N(C)C[C@H]2Oc3cc(C4=CCCC4)ccc3S(=O)(=O)N([C@H](C)CO)C[C@H]2C)cc1. The molecular formula is C27H36N2O7S2. The molecule has 0 unspecified atom stereocenters. The Bertz CT molecular complexity index is 1390. The first kappa shape index (κ1) is 28.6. The highest BCUT2D eigenvalue weighted by atomic mass is 32.2. The number of hydrogen-bond acceptors (Lipinski definition) is 7. The minimum absolute atomic E-state index is 0.00326. The second-order valence-electron chi connectivity index (χ2n) is 9.98. The zero-order valence-electron chi connectivity index (χ0n) is 22.2. The van der Waals surface area contributed by atoms with Crippen LogP contribution in [0.5, 0.6) is 11.5 Å². The van der Waals surface area contributed by atoms with Gasteiger partial charge in [-0.05, 0) is 73.7 Å². The van der Waals surface area contributed by atoms with Crippen LogP contribution in [0.4, 0.5) is 0 Å². The van der Waals surface area contributed by atoms with Crippen molar-refractivity contribution in [1.29, 1.82) is 0 Å². The van der Waals surface area contributed by atoms with E-state index in [1.54, 1.807) is 37.3 Å².